The van der Waals surface area contributed by atoms with E-state index in [0.29, 0.717) is 5.76 Å². The highest BCUT2D eigenvalue weighted by atomic mass is 16.5. The smallest absolute Gasteiger partial charge is 0.129 e. The van der Waals surface area contributed by atoms with Crippen molar-refractivity contribution in [1.29, 1.82) is 0 Å². The molecule has 0 bridgehead atoms. The molecule has 0 saturated carbocycles. The molecule has 4 nitrogen and oxygen atoms in total. The van der Waals surface area contributed by atoms with Crippen molar-refractivity contribution in [2.24, 2.45) is 5.92 Å². The number of aliphatic hydroxyl groups is 1. The highest BCUT2D eigenvalue weighted by molar-refractivity contribution is 5.06. The third kappa shape index (κ3) is 3.83. The van der Waals surface area contributed by atoms with Gasteiger partial charge in [0.05, 0.1) is 6.54 Å². The molecule has 2 heterocycles. The standard InChI is InChI=1S/C14H23NO3/c1-2-15(9-12-5-7-17-8-6-12)10-13-3-4-14(11-16)18-13/h3-4,12,16H,2,5-11H2,1H3. The van der Waals surface area contributed by atoms with Crippen molar-refractivity contribution < 1.29 is 14.3 Å². The lowest BCUT2D eigenvalue weighted by Crippen LogP contribution is -2.31. The molecule has 1 aliphatic rings. The first-order valence-corrected chi connectivity index (χ1v) is 6.80. The fourth-order valence-corrected chi connectivity index (χ4v) is 2.41. The second kappa shape index (κ2) is 6.92. The maximum Gasteiger partial charge on any atom is 0.129 e. The van der Waals surface area contributed by atoms with Gasteiger partial charge in [0.1, 0.15) is 18.1 Å². The first-order valence-electron chi connectivity index (χ1n) is 6.80. The number of aliphatic hydroxyl groups excluding tert-OH is 1. The van der Waals surface area contributed by atoms with Crippen LogP contribution in [0.25, 0.3) is 0 Å². The SMILES string of the molecule is CCN(Cc1ccc(CO)o1)CC1CCOCC1. The van der Waals surface area contributed by atoms with Crippen LogP contribution in [0.3, 0.4) is 0 Å². The Kier molecular flexibility index (Phi) is 5.23. The molecule has 1 aromatic heterocycles. The molecule has 1 saturated heterocycles. The minimum atomic E-state index is -0.0217. The molecule has 4 heteroatoms. The van der Waals surface area contributed by atoms with Crippen LogP contribution in [0.15, 0.2) is 16.5 Å². The average Bonchev–Trinajstić information content (AvgIpc) is 2.87. The zero-order chi connectivity index (χ0) is 12.8. The van der Waals surface area contributed by atoms with Gasteiger partial charge in [0.15, 0.2) is 0 Å². The van der Waals surface area contributed by atoms with Gasteiger partial charge in [-0.3, -0.25) is 4.90 Å². The third-order valence-electron chi connectivity index (χ3n) is 3.56. The topological polar surface area (TPSA) is 45.8 Å². The van der Waals surface area contributed by atoms with E-state index in [1.165, 1.54) is 0 Å². The van der Waals surface area contributed by atoms with Gasteiger partial charge in [0, 0.05) is 19.8 Å². The summed E-state index contributed by atoms with van der Waals surface area (Å²) in [7, 11) is 0. The molecule has 0 atom stereocenters. The summed E-state index contributed by atoms with van der Waals surface area (Å²) >= 11 is 0. The van der Waals surface area contributed by atoms with Crippen molar-refractivity contribution in [2.75, 3.05) is 26.3 Å². The average molecular weight is 253 g/mol. The highest BCUT2D eigenvalue weighted by Gasteiger charge is 2.17. The van der Waals surface area contributed by atoms with E-state index in [4.69, 9.17) is 14.3 Å². The number of nitrogens with zero attached hydrogens (tertiary/aromatic N) is 1. The van der Waals surface area contributed by atoms with E-state index in [-0.39, 0.29) is 6.61 Å². The molecule has 102 valence electrons. The van der Waals surface area contributed by atoms with Crippen molar-refractivity contribution in [2.45, 2.75) is 32.9 Å². The number of rotatable bonds is 6. The van der Waals surface area contributed by atoms with E-state index < -0.39 is 0 Å². The van der Waals surface area contributed by atoms with Crippen LogP contribution in [0.5, 0.6) is 0 Å². The summed E-state index contributed by atoms with van der Waals surface area (Å²) < 4.78 is 10.9. The summed E-state index contributed by atoms with van der Waals surface area (Å²) in [6.45, 7) is 6.91. The predicted molar refractivity (Wildman–Crippen MR) is 69.1 cm³/mol. The molecular formula is C14H23NO3. The summed E-state index contributed by atoms with van der Waals surface area (Å²) in [5.74, 6) is 2.33. The summed E-state index contributed by atoms with van der Waals surface area (Å²) in [6, 6.07) is 3.80. The van der Waals surface area contributed by atoms with E-state index in [0.717, 1.165) is 57.4 Å². The fourth-order valence-electron chi connectivity index (χ4n) is 2.41. The van der Waals surface area contributed by atoms with E-state index >= 15 is 0 Å². The second-order valence-electron chi connectivity index (χ2n) is 4.91. The Bertz CT molecular complexity index is 345. The summed E-state index contributed by atoms with van der Waals surface area (Å²) in [4.78, 5) is 2.40. The fraction of sp³-hybridized carbons (Fsp3) is 0.714. The number of ether oxygens (including phenoxy) is 1. The van der Waals surface area contributed by atoms with Crippen LogP contribution in [-0.2, 0) is 17.9 Å². The molecule has 0 spiro atoms. The third-order valence-corrected chi connectivity index (χ3v) is 3.56. The minimum absolute atomic E-state index is 0.0217. The summed E-state index contributed by atoms with van der Waals surface area (Å²) in [6.07, 6.45) is 2.33. The first-order chi connectivity index (χ1) is 8.81. The normalized spacial score (nSPS) is 17.5. The van der Waals surface area contributed by atoms with Gasteiger partial charge in [0.2, 0.25) is 0 Å². The molecule has 0 unspecified atom stereocenters. The first kappa shape index (κ1) is 13.6. The minimum Gasteiger partial charge on any atom is -0.462 e. The van der Waals surface area contributed by atoms with E-state index in [1.54, 1.807) is 0 Å². The van der Waals surface area contributed by atoms with Crippen molar-refractivity contribution in [3.63, 3.8) is 0 Å². The van der Waals surface area contributed by atoms with Gasteiger partial charge >= 0.3 is 0 Å². The molecule has 0 amide bonds. The van der Waals surface area contributed by atoms with Crippen LogP contribution in [0.4, 0.5) is 0 Å². The zero-order valence-corrected chi connectivity index (χ0v) is 11.1. The van der Waals surface area contributed by atoms with Crippen LogP contribution >= 0.6 is 0 Å². The van der Waals surface area contributed by atoms with Crippen molar-refractivity contribution in [3.05, 3.63) is 23.7 Å². The lowest BCUT2D eigenvalue weighted by molar-refractivity contribution is 0.0511. The molecule has 1 N–H and O–H groups in total. The Morgan fingerprint density at radius 3 is 2.61 bits per heavy atom. The van der Waals surface area contributed by atoms with Gasteiger partial charge in [-0.2, -0.15) is 0 Å². The van der Waals surface area contributed by atoms with Crippen molar-refractivity contribution >= 4 is 0 Å². The Balaban J connectivity index is 1.84. The van der Waals surface area contributed by atoms with E-state index in [1.807, 2.05) is 12.1 Å². The lowest BCUT2D eigenvalue weighted by Gasteiger charge is -2.28. The van der Waals surface area contributed by atoms with Crippen LogP contribution in [0, 0.1) is 5.92 Å². The molecule has 1 aromatic rings. The van der Waals surface area contributed by atoms with Gasteiger partial charge in [-0.25, -0.2) is 0 Å². The molecule has 0 radical (unpaired) electrons. The van der Waals surface area contributed by atoms with Crippen molar-refractivity contribution in [1.82, 2.24) is 4.90 Å². The quantitative estimate of drug-likeness (QED) is 0.842. The molecule has 1 aliphatic heterocycles. The number of hydrogen-bond acceptors (Lipinski definition) is 4. The largest absolute Gasteiger partial charge is 0.462 e. The molecule has 18 heavy (non-hydrogen) atoms. The van der Waals surface area contributed by atoms with Crippen molar-refractivity contribution in [3.8, 4) is 0 Å². The number of furan rings is 1. The Morgan fingerprint density at radius 1 is 1.28 bits per heavy atom. The molecule has 0 aromatic carbocycles. The predicted octanol–water partition coefficient (Wildman–Crippen LogP) is 2.02. The van der Waals surface area contributed by atoms with Gasteiger partial charge in [0.25, 0.3) is 0 Å². The van der Waals surface area contributed by atoms with Gasteiger partial charge < -0.3 is 14.3 Å². The monoisotopic (exact) mass is 253 g/mol. The van der Waals surface area contributed by atoms with E-state index in [2.05, 4.69) is 11.8 Å². The highest BCUT2D eigenvalue weighted by Crippen LogP contribution is 2.18. The molecule has 0 aliphatic carbocycles. The van der Waals surface area contributed by atoms with Gasteiger partial charge in [-0.05, 0) is 37.4 Å². The number of hydrogen-bond donors (Lipinski definition) is 1. The lowest BCUT2D eigenvalue weighted by atomic mass is 10.00. The summed E-state index contributed by atoms with van der Waals surface area (Å²) in [5, 5.41) is 8.98. The molecular weight excluding hydrogens is 230 g/mol. The molecule has 1 fully saturated rings. The Morgan fingerprint density at radius 2 is 2.00 bits per heavy atom. The van der Waals surface area contributed by atoms with E-state index in [9.17, 15) is 0 Å². The second-order valence-corrected chi connectivity index (χ2v) is 4.91. The summed E-state index contributed by atoms with van der Waals surface area (Å²) in [5.41, 5.74) is 0. The maximum absolute atomic E-state index is 8.98. The van der Waals surface area contributed by atoms with Crippen LogP contribution < -0.4 is 0 Å². The van der Waals surface area contributed by atoms with Gasteiger partial charge in [-0.15, -0.1) is 0 Å². The van der Waals surface area contributed by atoms with Crippen LogP contribution in [0.1, 0.15) is 31.3 Å². The van der Waals surface area contributed by atoms with Gasteiger partial charge in [-0.1, -0.05) is 6.92 Å². The molecule has 2 rings (SSSR count). The Labute approximate surface area is 109 Å². The van der Waals surface area contributed by atoms with Crippen LogP contribution in [0.2, 0.25) is 0 Å². The maximum atomic E-state index is 8.98. The zero-order valence-electron chi connectivity index (χ0n) is 11.1. The Hall–Kier alpha value is -0.840. The van der Waals surface area contributed by atoms with Crippen LogP contribution in [-0.4, -0.2) is 36.3 Å².